The van der Waals surface area contributed by atoms with E-state index in [9.17, 15) is 4.79 Å². The van der Waals surface area contributed by atoms with Crippen LogP contribution in [0, 0.1) is 0 Å². The van der Waals surface area contributed by atoms with Gasteiger partial charge >= 0.3 is 0 Å². The molecule has 0 aromatic carbocycles. The Kier molecular flexibility index (Phi) is 6.44. The molecule has 1 unspecified atom stereocenters. The molecule has 3 rings (SSSR count). The first-order chi connectivity index (χ1) is 13.3. The number of rotatable bonds is 5. The van der Waals surface area contributed by atoms with Gasteiger partial charge in [0.25, 0.3) is 0 Å². The minimum Gasteiger partial charge on any atom is -0.335 e. The molecule has 1 saturated heterocycles. The molecule has 1 aliphatic heterocycles. The minimum atomic E-state index is 0.0589. The number of likely N-dealkylation sites (tertiary alicyclic amines) is 1. The van der Waals surface area contributed by atoms with Gasteiger partial charge in [0.2, 0.25) is 5.91 Å². The quantitative estimate of drug-likeness (QED) is 0.858. The van der Waals surface area contributed by atoms with Crippen molar-refractivity contribution in [1.82, 2.24) is 30.0 Å². The van der Waals surface area contributed by atoms with Crippen molar-refractivity contribution < 1.29 is 4.79 Å². The third-order valence-corrected chi connectivity index (χ3v) is 5.46. The molecule has 0 spiro atoms. The van der Waals surface area contributed by atoms with E-state index in [1.807, 2.05) is 11.1 Å². The molecule has 7 heteroatoms. The molecule has 28 heavy (non-hydrogen) atoms. The number of carbonyl (C=O) groups excluding carboxylic acids is 1. The Labute approximate surface area is 167 Å². The lowest BCUT2D eigenvalue weighted by Gasteiger charge is -2.30. The van der Waals surface area contributed by atoms with Crippen molar-refractivity contribution in [2.45, 2.75) is 71.5 Å². The van der Waals surface area contributed by atoms with Crippen LogP contribution in [0.1, 0.15) is 63.8 Å². The highest BCUT2D eigenvalue weighted by Gasteiger charge is 2.26. The number of aromatic nitrogens is 4. The second-order valence-corrected chi connectivity index (χ2v) is 8.77. The van der Waals surface area contributed by atoms with E-state index in [1.54, 1.807) is 19.3 Å². The van der Waals surface area contributed by atoms with E-state index >= 15 is 0 Å². The summed E-state index contributed by atoms with van der Waals surface area (Å²) in [5, 5.41) is 7.45. The summed E-state index contributed by atoms with van der Waals surface area (Å²) in [7, 11) is 0. The van der Waals surface area contributed by atoms with E-state index in [0.29, 0.717) is 6.54 Å². The van der Waals surface area contributed by atoms with Crippen LogP contribution in [0.4, 0.5) is 0 Å². The first-order valence-corrected chi connectivity index (χ1v) is 10.1. The normalized spacial score (nSPS) is 18.6. The van der Waals surface area contributed by atoms with E-state index in [2.05, 4.69) is 45.8 Å². The van der Waals surface area contributed by atoms with Crippen LogP contribution < -0.4 is 0 Å². The van der Waals surface area contributed by atoms with Gasteiger partial charge in [-0.15, -0.1) is 0 Å². The van der Waals surface area contributed by atoms with Crippen LogP contribution in [0.3, 0.4) is 0 Å². The number of aromatic amines is 1. The summed E-state index contributed by atoms with van der Waals surface area (Å²) in [4.78, 5) is 24.9. The molecule has 0 bridgehead atoms. The lowest BCUT2D eigenvalue weighted by atomic mass is 9.89. The number of hydrogen-bond acceptors (Lipinski definition) is 5. The molecule has 1 N–H and O–H groups in total. The number of carbonyl (C=O) groups is 1. The highest BCUT2D eigenvalue weighted by atomic mass is 16.2. The molecule has 1 fully saturated rings. The van der Waals surface area contributed by atoms with Gasteiger partial charge < -0.3 is 4.90 Å². The molecule has 1 atom stereocenters. The third kappa shape index (κ3) is 5.16. The van der Waals surface area contributed by atoms with Gasteiger partial charge in [-0.3, -0.25) is 14.8 Å². The van der Waals surface area contributed by atoms with Crippen LogP contribution in [0.2, 0.25) is 0 Å². The van der Waals surface area contributed by atoms with E-state index in [4.69, 9.17) is 0 Å². The average molecular weight is 385 g/mol. The summed E-state index contributed by atoms with van der Waals surface area (Å²) in [5.41, 5.74) is 3.52. The van der Waals surface area contributed by atoms with Crippen molar-refractivity contribution in [3.05, 3.63) is 41.7 Å². The maximum absolute atomic E-state index is 12.3. The molecule has 2 aromatic heterocycles. The van der Waals surface area contributed by atoms with Crippen molar-refractivity contribution in [2.75, 3.05) is 13.1 Å². The second-order valence-electron chi connectivity index (χ2n) is 8.77. The van der Waals surface area contributed by atoms with Crippen LogP contribution in [0.25, 0.3) is 0 Å². The van der Waals surface area contributed by atoms with Gasteiger partial charge in [-0.1, -0.05) is 20.8 Å². The van der Waals surface area contributed by atoms with Gasteiger partial charge in [0.1, 0.15) is 6.33 Å². The molecule has 0 aliphatic carbocycles. The molecule has 0 saturated carbocycles. The summed E-state index contributed by atoms with van der Waals surface area (Å²) in [5.74, 6) is 0.118. The lowest BCUT2D eigenvalue weighted by molar-refractivity contribution is -0.132. The summed E-state index contributed by atoms with van der Waals surface area (Å²) in [6, 6.07) is 0.258. The zero-order valence-corrected chi connectivity index (χ0v) is 17.5. The molecule has 1 amide bonds. The molecule has 7 nitrogen and oxygen atoms in total. The zero-order valence-electron chi connectivity index (χ0n) is 17.5. The molecule has 1 aliphatic rings. The van der Waals surface area contributed by atoms with Gasteiger partial charge in [0, 0.05) is 67.2 Å². The summed E-state index contributed by atoms with van der Waals surface area (Å²) in [6.45, 7) is 11.8. The predicted octanol–water partition coefficient (Wildman–Crippen LogP) is 2.90. The highest BCUT2D eigenvalue weighted by Crippen LogP contribution is 2.26. The van der Waals surface area contributed by atoms with Gasteiger partial charge in [-0.2, -0.15) is 5.10 Å². The Morgan fingerprint density at radius 1 is 1.21 bits per heavy atom. The average Bonchev–Trinajstić information content (AvgIpc) is 3.00. The molecular weight excluding hydrogens is 352 g/mol. The van der Waals surface area contributed by atoms with E-state index in [1.165, 1.54) is 17.6 Å². The summed E-state index contributed by atoms with van der Waals surface area (Å²) < 4.78 is 0. The van der Waals surface area contributed by atoms with E-state index < -0.39 is 0 Å². The minimum absolute atomic E-state index is 0.0589. The summed E-state index contributed by atoms with van der Waals surface area (Å²) >= 11 is 0. The SMILES string of the molecule is CC(=O)N(Cc1cncnc1)C1CCCN(Cc2cn[nH]c2C(C)(C)C)CC1. The Bertz CT molecular complexity index is 767. The first-order valence-electron chi connectivity index (χ1n) is 10.1. The topological polar surface area (TPSA) is 78.0 Å². The first kappa shape index (κ1) is 20.5. The van der Waals surface area contributed by atoms with Crippen LogP contribution >= 0.6 is 0 Å². The predicted molar refractivity (Wildman–Crippen MR) is 108 cm³/mol. The third-order valence-electron chi connectivity index (χ3n) is 5.46. The molecule has 3 heterocycles. The number of amides is 1. The molecule has 2 aromatic rings. The fourth-order valence-corrected chi connectivity index (χ4v) is 4.04. The van der Waals surface area contributed by atoms with Crippen LogP contribution in [0.15, 0.2) is 24.9 Å². The fraction of sp³-hybridized carbons (Fsp3) is 0.619. The van der Waals surface area contributed by atoms with Crippen LogP contribution in [-0.2, 0) is 23.3 Å². The maximum Gasteiger partial charge on any atom is 0.219 e. The van der Waals surface area contributed by atoms with Gasteiger partial charge in [-0.05, 0) is 25.8 Å². The Hall–Kier alpha value is -2.28. The van der Waals surface area contributed by atoms with Crippen molar-refractivity contribution in [3.63, 3.8) is 0 Å². The van der Waals surface area contributed by atoms with Crippen molar-refractivity contribution >= 4 is 5.91 Å². The fourth-order valence-electron chi connectivity index (χ4n) is 4.04. The van der Waals surface area contributed by atoms with Gasteiger partial charge in [-0.25, -0.2) is 9.97 Å². The van der Waals surface area contributed by atoms with Crippen LogP contribution in [-0.4, -0.2) is 55.0 Å². The monoisotopic (exact) mass is 384 g/mol. The Morgan fingerprint density at radius 3 is 2.64 bits per heavy atom. The number of nitrogens with zero attached hydrogens (tertiary/aromatic N) is 5. The number of hydrogen-bond donors (Lipinski definition) is 1. The standard InChI is InChI=1S/C21H32N6O/c1-16(28)27(13-17-10-22-15-23-11-17)19-6-5-8-26(9-7-19)14-18-12-24-25-20(18)21(2,3)4/h10-12,15,19H,5-9,13-14H2,1-4H3,(H,24,25). The molecule has 0 radical (unpaired) electrons. The highest BCUT2D eigenvalue weighted by molar-refractivity contribution is 5.73. The number of H-pyrrole nitrogens is 1. The van der Waals surface area contributed by atoms with E-state index in [0.717, 1.165) is 44.5 Å². The van der Waals surface area contributed by atoms with Gasteiger partial charge in [0.05, 0.1) is 6.20 Å². The Balaban J connectivity index is 1.64. The Morgan fingerprint density at radius 2 is 1.96 bits per heavy atom. The van der Waals surface area contributed by atoms with Crippen molar-refractivity contribution in [3.8, 4) is 0 Å². The smallest absolute Gasteiger partial charge is 0.219 e. The van der Waals surface area contributed by atoms with Gasteiger partial charge in [0.15, 0.2) is 0 Å². The molecular formula is C21H32N6O. The maximum atomic E-state index is 12.3. The zero-order chi connectivity index (χ0) is 20.1. The largest absolute Gasteiger partial charge is 0.335 e. The summed E-state index contributed by atoms with van der Waals surface area (Å²) in [6.07, 6.45) is 10.2. The number of nitrogens with one attached hydrogen (secondary N) is 1. The lowest BCUT2D eigenvalue weighted by Crippen LogP contribution is -2.39. The second kappa shape index (κ2) is 8.82. The van der Waals surface area contributed by atoms with Crippen LogP contribution in [0.5, 0.6) is 0 Å². The van der Waals surface area contributed by atoms with Crippen molar-refractivity contribution in [2.24, 2.45) is 0 Å². The molecule has 152 valence electrons. The van der Waals surface area contributed by atoms with Crippen molar-refractivity contribution in [1.29, 1.82) is 0 Å². The van der Waals surface area contributed by atoms with E-state index in [-0.39, 0.29) is 17.4 Å².